The predicted molar refractivity (Wildman–Crippen MR) is 124 cm³/mol. The van der Waals surface area contributed by atoms with Crippen LogP contribution in [0.4, 0.5) is 10.8 Å². The Morgan fingerprint density at radius 2 is 1.84 bits per heavy atom. The van der Waals surface area contributed by atoms with Gasteiger partial charge in [-0.05, 0) is 43.2 Å². The molecule has 1 aromatic heterocycles. The highest BCUT2D eigenvalue weighted by Gasteiger charge is 2.21. The van der Waals surface area contributed by atoms with Gasteiger partial charge < -0.3 is 4.74 Å². The fourth-order valence-electron chi connectivity index (χ4n) is 2.59. The van der Waals surface area contributed by atoms with Gasteiger partial charge in [0.25, 0.3) is 15.9 Å². The van der Waals surface area contributed by atoms with Crippen LogP contribution in [0.25, 0.3) is 0 Å². The molecule has 1 heterocycles. The Hall–Kier alpha value is -2.96. The van der Waals surface area contributed by atoms with E-state index in [1.165, 1.54) is 19.2 Å². The van der Waals surface area contributed by atoms with Gasteiger partial charge in [-0.15, -0.1) is 10.2 Å². The third-order valence-corrected chi connectivity index (χ3v) is 7.75. The van der Waals surface area contributed by atoms with Crippen molar-refractivity contribution in [2.75, 3.05) is 22.9 Å². The molecule has 0 aliphatic heterocycles. The molecule has 0 radical (unpaired) electrons. The Labute approximate surface area is 193 Å². The maximum atomic E-state index is 13.0. The number of thioether (sulfide) groups is 1. The second-order valence-electron chi connectivity index (χ2n) is 6.59. The fraction of sp³-hybridized carbons (Fsp3) is 0.200. The second-order valence-corrected chi connectivity index (χ2v) is 10.4. The molecule has 1 amide bonds. The minimum absolute atomic E-state index is 0.00000978. The zero-order valence-electron chi connectivity index (χ0n) is 17.4. The van der Waals surface area contributed by atoms with Crippen LogP contribution >= 0.6 is 23.1 Å². The molecule has 9 nitrogen and oxygen atoms in total. The number of benzene rings is 2. The average molecular weight is 493 g/mol. The standard InChI is InChI=1S/C20H20N4O5S3/c1-12-6-4-5-7-15(12)24-32(27,28)16-10-14(9-8-13(16)2)18(26)21-19-22-23-20(31-19)30-11-17(25)29-3/h4-10,24H,11H2,1-3H3,(H,21,22,26). The molecule has 0 saturated carbocycles. The molecular weight excluding hydrogens is 472 g/mol. The molecule has 0 aliphatic carbocycles. The summed E-state index contributed by atoms with van der Waals surface area (Å²) in [6.07, 6.45) is 0. The van der Waals surface area contributed by atoms with Crippen LogP contribution in [0.3, 0.4) is 0 Å². The number of para-hydroxylation sites is 1. The van der Waals surface area contributed by atoms with Crippen LogP contribution in [-0.4, -0.2) is 43.4 Å². The fourth-order valence-corrected chi connectivity index (χ4v) is 5.57. The van der Waals surface area contributed by atoms with Crippen LogP contribution < -0.4 is 10.0 Å². The van der Waals surface area contributed by atoms with Crippen LogP contribution in [-0.2, 0) is 19.6 Å². The number of carbonyl (C=O) groups is 2. The molecule has 0 unspecified atom stereocenters. The van der Waals surface area contributed by atoms with Crippen molar-refractivity contribution >= 4 is 55.8 Å². The lowest BCUT2D eigenvalue weighted by Crippen LogP contribution is -2.17. The van der Waals surface area contributed by atoms with E-state index in [1.807, 2.05) is 6.07 Å². The molecule has 12 heteroatoms. The summed E-state index contributed by atoms with van der Waals surface area (Å²) in [7, 11) is -2.62. The lowest BCUT2D eigenvalue weighted by atomic mass is 10.1. The molecule has 0 spiro atoms. The van der Waals surface area contributed by atoms with Crippen LogP contribution in [0.15, 0.2) is 51.7 Å². The monoisotopic (exact) mass is 492 g/mol. The van der Waals surface area contributed by atoms with E-state index in [9.17, 15) is 18.0 Å². The number of hydrogen-bond acceptors (Lipinski definition) is 9. The summed E-state index contributed by atoms with van der Waals surface area (Å²) in [5, 5.41) is 10.6. The first kappa shape index (κ1) is 23.7. The molecule has 0 fully saturated rings. The van der Waals surface area contributed by atoms with Gasteiger partial charge in [0.05, 0.1) is 23.4 Å². The zero-order chi connectivity index (χ0) is 23.3. The van der Waals surface area contributed by atoms with Gasteiger partial charge in [-0.25, -0.2) is 8.42 Å². The van der Waals surface area contributed by atoms with Gasteiger partial charge in [-0.1, -0.05) is 47.4 Å². The molecule has 2 aromatic carbocycles. The normalized spacial score (nSPS) is 11.1. The number of ether oxygens (including phenoxy) is 1. The van der Waals surface area contributed by atoms with Crippen molar-refractivity contribution in [3.05, 3.63) is 59.2 Å². The minimum atomic E-state index is -3.91. The lowest BCUT2D eigenvalue weighted by Gasteiger charge is -2.13. The summed E-state index contributed by atoms with van der Waals surface area (Å²) in [6.45, 7) is 3.46. The van der Waals surface area contributed by atoms with E-state index in [2.05, 4.69) is 25.0 Å². The number of carbonyl (C=O) groups excluding carboxylic acids is 2. The van der Waals surface area contributed by atoms with Gasteiger partial charge >= 0.3 is 5.97 Å². The first-order chi connectivity index (χ1) is 15.2. The third-order valence-electron chi connectivity index (χ3n) is 4.30. The number of rotatable bonds is 8. The molecule has 32 heavy (non-hydrogen) atoms. The van der Waals surface area contributed by atoms with Crippen molar-refractivity contribution in [1.82, 2.24) is 10.2 Å². The molecule has 0 aliphatic rings. The van der Waals surface area contributed by atoms with Gasteiger partial charge in [0.1, 0.15) is 0 Å². The maximum absolute atomic E-state index is 13.0. The zero-order valence-corrected chi connectivity index (χ0v) is 19.9. The second kappa shape index (κ2) is 10.1. The quantitative estimate of drug-likeness (QED) is 0.278. The summed E-state index contributed by atoms with van der Waals surface area (Å²) in [5.74, 6) is -0.854. The van der Waals surface area contributed by atoms with Crippen LogP contribution in [0.5, 0.6) is 0 Å². The SMILES string of the molecule is COC(=O)CSc1nnc(NC(=O)c2ccc(C)c(S(=O)(=O)Nc3ccccc3C)c2)s1. The molecule has 0 saturated heterocycles. The van der Waals surface area contributed by atoms with Gasteiger partial charge in [-0.3, -0.25) is 19.6 Å². The van der Waals surface area contributed by atoms with Crippen LogP contribution in [0, 0.1) is 13.8 Å². The van der Waals surface area contributed by atoms with E-state index in [-0.39, 0.29) is 21.3 Å². The van der Waals surface area contributed by atoms with Crippen molar-refractivity contribution in [3.8, 4) is 0 Å². The van der Waals surface area contributed by atoms with Crippen molar-refractivity contribution in [2.45, 2.75) is 23.1 Å². The topological polar surface area (TPSA) is 127 Å². The lowest BCUT2D eigenvalue weighted by molar-refractivity contribution is -0.137. The number of sulfonamides is 1. The van der Waals surface area contributed by atoms with Crippen molar-refractivity contribution in [3.63, 3.8) is 0 Å². The molecule has 0 atom stereocenters. The van der Waals surface area contributed by atoms with Crippen molar-refractivity contribution in [1.29, 1.82) is 0 Å². The van der Waals surface area contributed by atoms with E-state index in [4.69, 9.17) is 0 Å². The Kier molecular flexibility index (Phi) is 7.48. The van der Waals surface area contributed by atoms with Crippen LogP contribution in [0.2, 0.25) is 0 Å². The van der Waals surface area contributed by atoms with Gasteiger partial charge in [-0.2, -0.15) is 0 Å². The first-order valence-corrected chi connectivity index (χ1v) is 12.5. The van der Waals surface area contributed by atoms with Gasteiger partial charge in [0, 0.05) is 5.56 Å². The van der Waals surface area contributed by atoms with Crippen molar-refractivity contribution < 1.29 is 22.7 Å². The molecule has 2 N–H and O–H groups in total. The number of aryl methyl sites for hydroxylation is 2. The van der Waals surface area contributed by atoms with E-state index < -0.39 is 21.9 Å². The number of nitrogens with zero attached hydrogens (tertiary/aromatic N) is 2. The van der Waals surface area contributed by atoms with Crippen molar-refractivity contribution in [2.24, 2.45) is 0 Å². The summed E-state index contributed by atoms with van der Waals surface area (Å²) < 4.78 is 33.5. The van der Waals surface area contributed by atoms with Gasteiger partial charge in [0.2, 0.25) is 5.13 Å². The van der Waals surface area contributed by atoms with Crippen LogP contribution in [0.1, 0.15) is 21.5 Å². The summed E-state index contributed by atoms with van der Waals surface area (Å²) >= 11 is 2.23. The molecule has 0 bridgehead atoms. The number of amides is 1. The summed E-state index contributed by atoms with van der Waals surface area (Å²) in [6, 6.07) is 11.4. The smallest absolute Gasteiger partial charge is 0.316 e. The highest BCUT2D eigenvalue weighted by molar-refractivity contribution is 8.01. The summed E-state index contributed by atoms with van der Waals surface area (Å²) in [5.41, 5.74) is 1.90. The minimum Gasteiger partial charge on any atom is -0.468 e. The number of hydrogen-bond donors (Lipinski definition) is 2. The molecule has 3 aromatic rings. The Morgan fingerprint density at radius 1 is 1.09 bits per heavy atom. The highest BCUT2D eigenvalue weighted by Crippen LogP contribution is 2.27. The number of nitrogens with one attached hydrogen (secondary N) is 2. The average Bonchev–Trinajstić information content (AvgIpc) is 3.20. The molecule has 168 valence electrons. The van der Waals surface area contributed by atoms with E-state index in [0.29, 0.717) is 15.6 Å². The Balaban J connectivity index is 1.76. The summed E-state index contributed by atoms with van der Waals surface area (Å²) in [4.78, 5) is 23.9. The van der Waals surface area contributed by atoms with E-state index in [0.717, 1.165) is 28.7 Å². The van der Waals surface area contributed by atoms with E-state index in [1.54, 1.807) is 38.1 Å². The Morgan fingerprint density at radius 3 is 2.56 bits per heavy atom. The largest absolute Gasteiger partial charge is 0.468 e. The highest BCUT2D eigenvalue weighted by atomic mass is 32.2. The predicted octanol–water partition coefficient (Wildman–Crippen LogP) is 3.47. The number of anilines is 2. The van der Waals surface area contributed by atoms with E-state index >= 15 is 0 Å². The first-order valence-electron chi connectivity index (χ1n) is 9.23. The molecule has 3 rings (SSSR count). The molecular formula is C20H20N4O5S3. The Bertz CT molecular complexity index is 1260. The maximum Gasteiger partial charge on any atom is 0.316 e. The number of esters is 1. The number of methoxy groups -OCH3 is 1. The number of aromatic nitrogens is 2. The van der Waals surface area contributed by atoms with Gasteiger partial charge in [0.15, 0.2) is 4.34 Å². The third kappa shape index (κ3) is 5.84.